The Morgan fingerprint density at radius 3 is 1.24 bits per heavy atom. The number of benzene rings is 1. The van der Waals surface area contributed by atoms with Crippen molar-refractivity contribution in [2.24, 2.45) is 0 Å². The number of hydrogen-bond donors (Lipinski definition) is 0. The highest BCUT2D eigenvalue weighted by Crippen LogP contribution is 2.42. The average molecular weight is 1430 g/mol. The molecule has 0 saturated carbocycles. The highest BCUT2D eigenvalue weighted by Gasteiger charge is 2.59. The van der Waals surface area contributed by atoms with Crippen molar-refractivity contribution in [1.82, 2.24) is 33.7 Å². The van der Waals surface area contributed by atoms with Crippen LogP contribution in [0.15, 0.2) is 171 Å². The Kier molecular flexibility index (Phi) is 27.0. The van der Waals surface area contributed by atoms with Gasteiger partial charge in [0, 0.05) is 185 Å². The molecule has 104 heavy (non-hydrogen) atoms. The quantitative estimate of drug-likeness (QED) is 0.114. The zero-order valence-corrected chi connectivity index (χ0v) is 69.5. The Morgan fingerprint density at radius 1 is 0.404 bits per heavy atom. The molecule has 1 aromatic carbocycles. The summed E-state index contributed by atoms with van der Waals surface area (Å²) in [5, 5.41) is 9.80. The summed E-state index contributed by atoms with van der Waals surface area (Å²) in [6.07, 6.45) is 7.45. The van der Waals surface area contributed by atoms with Crippen LogP contribution in [-0.4, -0.2) is 46.0 Å². The van der Waals surface area contributed by atoms with Crippen molar-refractivity contribution in [1.29, 1.82) is 0 Å². The molecule has 0 radical (unpaired) electrons. The number of hydrogen-bond acceptors (Lipinski definition) is 4. The van der Waals surface area contributed by atoms with Gasteiger partial charge in [-0.15, -0.1) is 0 Å². The van der Waals surface area contributed by atoms with Crippen LogP contribution in [0, 0.1) is 6.92 Å². The van der Waals surface area contributed by atoms with Crippen LogP contribution in [-0.2, 0) is 43.3 Å². The number of nitrogens with zero attached hydrogens (tertiary/aromatic N) is 12. The number of rotatable bonds is 12. The summed E-state index contributed by atoms with van der Waals surface area (Å²) in [6, 6.07) is 46.9. The van der Waals surface area contributed by atoms with Crippen LogP contribution < -0.4 is 22.8 Å². The molecule has 9 heterocycles. The molecule has 10 aromatic rings. The maximum absolute atomic E-state index is 13.5. The first kappa shape index (κ1) is 84.8. The van der Waals surface area contributed by atoms with Gasteiger partial charge in [-0.25, -0.2) is 4.98 Å². The molecule has 0 fully saturated rings. The Balaban J connectivity index is 0.000000205. The van der Waals surface area contributed by atoms with Crippen molar-refractivity contribution in [2.75, 3.05) is 0 Å². The Hall–Kier alpha value is -8.11. The molecular formula is C88H130F3N12O+5. The minimum absolute atomic E-state index is 0.0105. The minimum Gasteiger partial charge on any atom is -0.354 e. The third kappa shape index (κ3) is 20.7. The van der Waals surface area contributed by atoms with E-state index in [2.05, 4.69) is 364 Å². The molecule has 0 amide bonds. The predicted molar refractivity (Wildman–Crippen MR) is 421 cm³/mol. The summed E-state index contributed by atoms with van der Waals surface area (Å²) >= 11 is 0. The number of aryl methyl sites for hydroxylation is 1. The number of imidazole rings is 1. The second-order valence-corrected chi connectivity index (χ2v) is 35.5. The summed E-state index contributed by atoms with van der Waals surface area (Å²) in [4.78, 5) is 4.92. The van der Waals surface area contributed by atoms with Gasteiger partial charge in [-0.05, 0) is 163 Å². The van der Waals surface area contributed by atoms with E-state index in [9.17, 15) is 13.2 Å². The fraction of sp³-hybridized carbons (Fsp3) is 0.523. The smallest absolute Gasteiger partial charge is 0.354 e. The van der Waals surface area contributed by atoms with Gasteiger partial charge >= 0.3 is 6.18 Å². The molecule has 9 aromatic heterocycles. The van der Waals surface area contributed by atoms with Crippen molar-refractivity contribution in [3.63, 3.8) is 0 Å². The molecule has 0 bridgehead atoms. The van der Waals surface area contributed by atoms with Gasteiger partial charge in [0.25, 0.3) is 0 Å². The van der Waals surface area contributed by atoms with Crippen LogP contribution in [0.2, 0.25) is 0 Å². The molecular weight excluding hydrogens is 1300 g/mol. The first-order valence-electron chi connectivity index (χ1n) is 37.5. The fourth-order valence-corrected chi connectivity index (χ4v) is 12.6. The van der Waals surface area contributed by atoms with E-state index in [1.807, 2.05) is 19.9 Å². The Bertz CT molecular complexity index is 4420. The number of alkyl halides is 3. The summed E-state index contributed by atoms with van der Waals surface area (Å²) in [6.45, 7) is 67.8. The molecule has 0 N–H and O–H groups in total. The second kappa shape index (κ2) is 33.1. The summed E-state index contributed by atoms with van der Waals surface area (Å²) in [5.74, 6) is 1.03. The van der Waals surface area contributed by atoms with Gasteiger partial charge < -0.3 is 13.9 Å². The zero-order valence-electron chi connectivity index (χ0n) is 69.5. The molecule has 10 rings (SSSR count). The van der Waals surface area contributed by atoms with Gasteiger partial charge in [-0.3, -0.25) is 9.36 Å². The number of aromatic nitrogens is 12. The van der Waals surface area contributed by atoms with Crippen molar-refractivity contribution < 1.29 is 40.7 Å². The van der Waals surface area contributed by atoms with E-state index in [0.717, 1.165) is 35.3 Å². The standard InChI is InChI=1S/C20H32N3.C19H24N3.C19H30N3.C16H23N2.C14H21F3NO/c1-14(2)23-17(13-18(21-23)19(4,5)6)16-12-15(3)10-11-22(16)20(7,8)9;1-14(2)22-16-11-7-6-10-15(16)20-18(22)17-12-8-9-13-21(17)19(3,4)5;1-14(2)22-16(13-17(20-22)18(3,4)5)15-11-9-10-12-21(15)19(6,7)8;1-13(2)17-11-8-10-14(17)15-9-6-7-12-18(15)16(3,4)5;1-10(2)18-9-7-6-8-12(18)13(5,14(15,16)17)19-11(3)4/h10-14H,1-9H3;6-14H,1-5H3;9-14H,1-8H3;6-13H,1-5H3;6-11H,1-5H3/q5*+1. The average Bonchev–Trinajstić information content (AvgIpc) is 1.33. The van der Waals surface area contributed by atoms with Gasteiger partial charge in [0.05, 0.1) is 28.5 Å². The normalized spacial score (nSPS) is 13.2. The van der Waals surface area contributed by atoms with Gasteiger partial charge in [0.1, 0.15) is 17.1 Å². The molecule has 1 atom stereocenters. The number of fused-ring (bicyclic) bond motifs is 1. The van der Waals surface area contributed by atoms with E-state index < -0.39 is 17.9 Å². The first-order valence-corrected chi connectivity index (χ1v) is 37.5. The van der Waals surface area contributed by atoms with E-state index in [1.165, 1.54) is 51.3 Å². The van der Waals surface area contributed by atoms with Crippen molar-refractivity contribution in [3.05, 3.63) is 193 Å². The summed E-state index contributed by atoms with van der Waals surface area (Å²) in [7, 11) is 0. The van der Waals surface area contributed by atoms with Gasteiger partial charge in [0.2, 0.25) is 39.9 Å². The Labute approximate surface area is 623 Å². The van der Waals surface area contributed by atoms with Crippen LogP contribution in [0.3, 0.4) is 0 Å². The number of ether oxygens (including phenoxy) is 1. The summed E-state index contributed by atoms with van der Waals surface area (Å²) < 4.78 is 65.5. The molecule has 0 aliphatic rings. The zero-order chi connectivity index (χ0) is 78.4. The van der Waals surface area contributed by atoms with Crippen molar-refractivity contribution >= 4 is 11.0 Å². The lowest BCUT2D eigenvalue weighted by Crippen LogP contribution is -2.54. The Morgan fingerprint density at radius 2 is 0.817 bits per heavy atom. The topological polar surface area (TPSA) is 87.0 Å². The van der Waals surface area contributed by atoms with E-state index in [1.54, 1.807) is 36.7 Å². The third-order valence-corrected chi connectivity index (χ3v) is 18.0. The first-order chi connectivity index (χ1) is 47.8. The molecule has 16 heteroatoms. The fourth-order valence-electron chi connectivity index (χ4n) is 12.6. The molecule has 1 unspecified atom stereocenters. The van der Waals surface area contributed by atoms with Crippen LogP contribution in [0.25, 0.3) is 56.7 Å². The molecule has 0 aliphatic carbocycles. The van der Waals surface area contributed by atoms with Gasteiger partial charge in [-0.1, -0.05) is 53.7 Å². The molecule has 13 nitrogen and oxygen atoms in total. The monoisotopic (exact) mass is 1430 g/mol. The van der Waals surface area contributed by atoms with Crippen molar-refractivity contribution in [3.8, 4) is 45.7 Å². The van der Waals surface area contributed by atoms with Crippen LogP contribution in [0.4, 0.5) is 13.2 Å². The largest absolute Gasteiger partial charge is 0.427 e. The third-order valence-electron chi connectivity index (χ3n) is 18.0. The van der Waals surface area contributed by atoms with E-state index >= 15 is 0 Å². The van der Waals surface area contributed by atoms with Crippen LogP contribution in [0.5, 0.6) is 0 Å². The van der Waals surface area contributed by atoms with E-state index in [-0.39, 0.29) is 44.7 Å². The lowest BCUT2D eigenvalue weighted by molar-refractivity contribution is -0.744. The molecule has 0 spiro atoms. The SMILES string of the molecule is CC(C)OC(C)(c1cccc[n+]1C(C)C)C(F)(F)F.CC(C)n1c(-c2cccc[n+]2C(C)(C)C)nc2ccccc21.CC(C)n1cccc1-c1cccc[n+]1C(C)(C)C.CC(C)n1nc(C(C)(C)C)cc1-c1cccc[n+]1C(C)(C)C.Cc1cc[n+](C(C)(C)C)c(-c2cc(C(C)(C)C)nn2C(C)C)c1. The number of para-hydroxylation sites is 2. The lowest BCUT2D eigenvalue weighted by atomic mass is 9.92. The van der Waals surface area contributed by atoms with E-state index in [0.29, 0.717) is 24.2 Å². The minimum atomic E-state index is -4.48. The highest BCUT2D eigenvalue weighted by molar-refractivity contribution is 5.80. The predicted octanol–water partition coefficient (Wildman–Crippen LogP) is 21.1. The molecule has 564 valence electrons. The van der Waals surface area contributed by atoms with E-state index in [4.69, 9.17) is 19.9 Å². The van der Waals surface area contributed by atoms with Gasteiger partial charge in [-0.2, -0.15) is 46.2 Å². The highest BCUT2D eigenvalue weighted by atomic mass is 19.4. The maximum Gasteiger partial charge on any atom is 0.427 e. The van der Waals surface area contributed by atoms with Crippen LogP contribution >= 0.6 is 0 Å². The van der Waals surface area contributed by atoms with Gasteiger partial charge in [0.15, 0.2) is 59.2 Å². The lowest BCUT2D eigenvalue weighted by Gasteiger charge is -2.32. The molecule has 0 aliphatic heterocycles. The van der Waals surface area contributed by atoms with Crippen LogP contribution in [0.1, 0.15) is 267 Å². The summed E-state index contributed by atoms with van der Waals surface area (Å²) in [5.41, 5.74) is 12.4. The number of halogens is 3. The van der Waals surface area contributed by atoms with Crippen molar-refractivity contribution in [2.45, 2.75) is 303 Å². The second-order valence-electron chi connectivity index (χ2n) is 35.5. The maximum atomic E-state index is 13.5. The molecule has 0 saturated heterocycles. The number of pyridine rings is 5.